The Morgan fingerprint density at radius 3 is 1.21 bits per heavy atom. The molecule has 10 radical (unpaired) electrons. The van der Waals surface area contributed by atoms with E-state index in [1.165, 1.54) is 37.5 Å². The third-order valence-electron chi connectivity index (χ3n) is 2.54. The van der Waals surface area contributed by atoms with Crippen LogP contribution in [0, 0.1) is 63.2 Å². The first-order chi connectivity index (χ1) is 9.28. The van der Waals surface area contributed by atoms with E-state index in [4.69, 9.17) is 17.0 Å². The van der Waals surface area contributed by atoms with Crippen LogP contribution in [0.2, 0.25) is 0 Å². The molecule has 0 aromatic rings. The average molecular weight is 376 g/mol. The van der Waals surface area contributed by atoms with Crippen molar-refractivity contribution in [2.75, 3.05) is 0 Å². The predicted molar refractivity (Wildman–Crippen MR) is 82.4 cm³/mol. The van der Waals surface area contributed by atoms with E-state index in [-0.39, 0.29) is 0 Å². The Kier molecular flexibility index (Phi) is 17.1. The number of hydrogen-bond donors (Lipinski definition) is 0. The van der Waals surface area contributed by atoms with E-state index in [1.807, 2.05) is 0 Å². The van der Waals surface area contributed by atoms with Crippen molar-refractivity contribution in [3.63, 3.8) is 0 Å². The molecule has 0 nitrogen and oxygen atoms in total. The predicted octanol–water partition coefficient (Wildman–Crippen LogP) is 5.76. The second-order valence-corrected chi connectivity index (χ2v) is 7.89. The molecule has 0 saturated heterocycles. The van der Waals surface area contributed by atoms with Gasteiger partial charge in [-0.1, -0.05) is 26.7 Å². The maximum atomic E-state index is 4.93. The van der Waals surface area contributed by atoms with Crippen molar-refractivity contribution in [1.82, 2.24) is 0 Å². The Hall–Kier alpha value is 1.46. The van der Waals surface area contributed by atoms with Gasteiger partial charge in [0.25, 0.3) is 0 Å². The molecule has 0 spiro atoms. The summed E-state index contributed by atoms with van der Waals surface area (Å²) in [4.78, 5) is 0. The van der Waals surface area contributed by atoms with Crippen LogP contribution in [0.5, 0.6) is 0 Å². The minimum atomic E-state index is -0.826. The van der Waals surface area contributed by atoms with E-state index < -0.39 is 20.8 Å². The van der Waals surface area contributed by atoms with E-state index in [0.29, 0.717) is 0 Å². The molecule has 0 heterocycles. The average Bonchev–Trinajstić information content (AvgIpc) is 3.05. The number of halogens is 2. The van der Waals surface area contributed by atoms with Crippen LogP contribution in [0.3, 0.4) is 0 Å². The zero-order valence-electron chi connectivity index (χ0n) is 11.7. The maximum absolute atomic E-state index is 4.93. The molecule has 3 heteroatoms. The van der Waals surface area contributed by atoms with Crippen molar-refractivity contribution in [3.05, 3.63) is 63.2 Å². The topological polar surface area (TPSA) is 0 Å². The van der Waals surface area contributed by atoms with Crippen molar-refractivity contribution in [2.45, 2.75) is 39.5 Å². The van der Waals surface area contributed by atoms with E-state index in [9.17, 15) is 0 Å². The van der Waals surface area contributed by atoms with Gasteiger partial charge in [-0.05, 0) is 76.0 Å². The van der Waals surface area contributed by atoms with Crippen molar-refractivity contribution in [3.8, 4) is 0 Å². The van der Waals surface area contributed by atoms with Crippen LogP contribution in [0.4, 0.5) is 0 Å². The monoisotopic (exact) mass is 374 g/mol. The first-order valence-electron chi connectivity index (χ1n) is 6.65. The zero-order chi connectivity index (χ0) is 14.3. The van der Waals surface area contributed by atoms with Crippen molar-refractivity contribution < 1.29 is 20.8 Å². The summed E-state index contributed by atoms with van der Waals surface area (Å²) < 4.78 is 0. The summed E-state index contributed by atoms with van der Waals surface area (Å²) >= 11 is -0.826. The standard InChI is InChI=1S/2C8H11.2ClH.Zr/c2*1-2-5-8-6-3-4-7-8;;;/h2*3-4,6-7H,2,5H2,1H3;2*1H;/q;;;;+4/p-2. The van der Waals surface area contributed by atoms with Crippen LogP contribution in [0.25, 0.3) is 0 Å². The summed E-state index contributed by atoms with van der Waals surface area (Å²) in [6, 6.07) is 0. The van der Waals surface area contributed by atoms with Gasteiger partial charge in [-0.15, -0.1) is 0 Å². The molecular formula is C16H22Cl2Zr+2. The quantitative estimate of drug-likeness (QED) is 0.585. The van der Waals surface area contributed by atoms with Crippen LogP contribution in [0.15, 0.2) is 0 Å². The molecule has 102 valence electrons. The van der Waals surface area contributed by atoms with Gasteiger partial charge in [0, 0.05) is 0 Å². The molecule has 0 aromatic carbocycles. The number of hydrogen-bond acceptors (Lipinski definition) is 0. The second-order valence-electron chi connectivity index (χ2n) is 4.16. The molecule has 0 aliphatic heterocycles. The third kappa shape index (κ3) is 12.9. The Bertz CT molecular complexity index is 146. The first-order valence-corrected chi connectivity index (χ1v) is 13.0. The second kappa shape index (κ2) is 15.8. The minimum absolute atomic E-state index is 0.826. The molecular weight excluding hydrogens is 354 g/mol. The fourth-order valence-electron chi connectivity index (χ4n) is 1.74. The summed E-state index contributed by atoms with van der Waals surface area (Å²) in [5.74, 6) is 2.93. The molecule has 0 unspecified atom stereocenters. The third-order valence-corrected chi connectivity index (χ3v) is 2.54. The van der Waals surface area contributed by atoms with Gasteiger partial charge in [0.15, 0.2) is 0 Å². The number of rotatable bonds is 4. The fourth-order valence-corrected chi connectivity index (χ4v) is 1.74. The van der Waals surface area contributed by atoms with Crippen LogP contribution in [0.1, 0.15) is 39.5 Å². The Balaban J connectivity index is 0.000000284. The van der Waals surface area contributed by atoms with Gasteiger partial charge < -0.3 is 0 Å². The normalized spacial score (nSPS) is 19.2. The van der Waals surface area contributed by atoms with Crippen molar-refractivity contribution >= 4 is 17.0 Å². The van der Waals surface area contributed by atoms with Crippen molar-refractivity contribution in [1.29, 1.82) is 0 Å². The molecule has 2 fully saturated rings. The summed E-state index contributed by atoms with van der Waals surface area (Å²) in [5, 5.41) is 0. The van der Waals surface area contributed by atoms with Gasteiger partial charge in [-0.3, -0.25) is 0 Å². The van der Waals surface area contributed by atoms with Gasteiger partial charge in [-0.25, -0.2) is 0 Å². The summed E-state index contributed by atoms with van der Waals surface area (Å²) in [7, 11) is 9.87. The molecule has 0 amide bonds. The molecule has 2 aliphatic rings. The fraction of sp³-hybridized carbons (Fsp3) is 0.375. The molecule has 19 heavy (non-hydrogen) atoms. The molecule has 0 atom stereocenters. The molecule has 0 bridgehead atoms. The van der Waals surface area contributed by atoms with Crippen LogP contribution >= 0.6 is 17.0 Å². The zero-order valence-corrected chi connectivity index (χ0v) is 15.7. The SMILES string of the molecule is CCC[C]1[CH][CH][CH][CH]1.CCC[C]1[CH][CH][CH][CH]1.[Cl][Zr+2][Cl]. The molecule has 0 N–H and O–H groups in total. The summed E-state index contributed by atoms with van der Waals surface area (Å²) in [6.45, 7) is 4.40. The van der Waals surface area contributed by atoms with Gasteiger partial charge in [0.1, 0.15) is 0 Å². The summed E-state index contributed by atoms with van der Waals surface area (Å²) in [6.07, 6.45) is 22.0. The van der Waals surface area contributed by atoms with Crippen LogP contribution < -0.4 is 0 Å². The van der Waals surface area contributed by atoms with Gasteiger partial charge >= 0.3 is 37.9 Å². The van der Waals surface area contributed by atoms with Crippen LogP contribution in [-0.2, 0) is 20.8 Å². The summed E-state index contributed by atoms with van der Waals surface area (Å²) in [5.41, 5.74) is 0. The van der Waals surface area contributed by atoms with Gasteiger partial charge in [0.2, 0.25) is 0 Å². The van der Waals surface area contributed by atoms with Gasteiger partial charge in [-0.2, -0.15) is 0 Å². The Labute approximate surface area is 140 Å². The van der Waals surface area contributed by atoms with Crippen molar-refractivity contribution in [2.24, 2.45) is 0 Å². The molecule has 2 rings (SSSR count). The Morgan fingerprint density at radius 2 is 1.00 bits per heavy atom. The van der Waals surface area contributed by atoms with E-state index in [2.05, 4.69) is 65.2 Å². The first kappa shape index (κ1) is 20.5. The molecule has 0 aromatic heterocycles. The van der Waals surface area contributed by atoms with Crippen LogP contribution in [-0.4, -0.2) is 0 Å². The molecule has 2 saturated carbocycles. The molecule has 2 aliphatic carbocycles. The van der Waals surface area contributed by atoms with E-state index >= 15 is 0 Å². The van der Waals surface area contributed by atoms with E-state index in [0.717, 1.165) is 0 Å². The Morgan fingerprint density at radius 1 is 0.737 bits per heavy atom. The van der Waals surface area contributed by atoms with Gasteiger partial charge in [0.05, 0.1) is 0 Å². The van der Waals surface area contributed by atoms with E-state index in [1.54, 1.807) is 0 Å².